The van der Waals surface area contributed by atoms with Gasteiger partial charge in [0.25, 0.3) is 5.91 Å². The summed E-state index contributed by atoms with van der Waals surface area (Å²) < 4.78 is 5.65. The van der Waals surface area contributed by atoms with Gasteiger partial charge < -0.3 is 14.8 Å². The van der Waals surface area contributed by atoms with Crippen molar-refractivity contribution in [1.82, 2.24) is 5.32 Å². The Bertz CT molecular complexity index is 655. The maximum absolute atomic E-state index is 12.5. The van der Waals surface area contributed by atoms with Gasteiger partial charge in [-0.05, 0) is 44.2 Å². The maximum Gasteiger partial charge on any atom is 0.255 e. The number of fused-ring (bicyclic) bond motifs is 1. The fraction of sp³-hybridized carbons (Fsp3) is 0.471. The van der Waals surface area contributed by atoms with Gasteiger partial charge in [-0.3, -0.25) is 4.79 Å². The smallest absolute Gasteiger partial charge is 0.255 e. The average Bonchev–Trinajstić information content (AvgIpc) is 2.81. The SMILES string of the molecule is CC[C@@H](NC(=O)c1cccc2cc(C)oc12)C1CC(O)C1. The van der Waals surface area contributed by atoms with Gasteiger partial charge in [0.15, 0.2) is 0 Å². The second kappa shape index (κ2) is 5.53. The highest BCUT2D eigenvalue weighted by Gasteiger charge is 2.34. The highest BCUT2D eigenvalue weighted by Crippen LogP contribution is 2.32. The van der Waals surface area contributed by atoms with Crippen molar-refractivity contribution in [2.45, 2.75) is 45.3 Å². The molecule has 1 saturated carbocycles. The van der Waals surface area contributed by atoms with Crippen LogP contribution in [-0.4, -0.2) is 23.2 Å². The molecule has 1 amide bonds. The number of aryl methyl sites for hydroxylation is 1. The van der Waals surface area contributed by atoms with E-state index < -0.39 is 0 Å². The van der Waals surface area contributed by atoms with Crippen molar-refractivity contribution in [3.05, 3.63) is 35.6 Å². The molecule has 1 aliphatic carbocycles. The third kappa shape index (κ3) is 2.68. The minimum absolute atomic E-state index is 0.0943. The Kier molecular flexibility index (Phi) is 3.72. The summed E-state index contributed by atoms with van der Waals surface area (Å²) in [5.41, 5.74) is 1.23. The number of aliphatic hydroxyl groups excluding tert-OH is 1. The Morgan fingerprint density at radius 2 is 2.24 bits per heavy atom. The third-order valence-electron chi connectivity index (χ3n) is 4.39. The predicted octanol–water partition coefficient (Wildman–Crippen LogP) is 3.02. The highest BCUT2D eigenvalue weighted by atomic mass is 16.3. The molecule has 1 aliphatic rings. The van der Waals surface area contributed by atoms with Gasteiger partial charge in [-0.15, -0.1) is 0 Å². The van der Waals surface area contributed by atoms with Gasteiger partial charge in [0, 0.05) is 11.4 Å². The normalized spacial score (nSPS) is 22.8. The molecule has 0 saturated heterocycles. The topological polar surface area (TPSA) is 62.5 Å². The molecule has 112 valence electrons. The number of amides is 1. The number of aliphatic hydroxyl groups is 1. The Morgan fingerprint density at radius 1 is 1.48 bits per heavy atom. The molecule has 1 fully saturated rings. The number of rotatable bonds is 4. The van der Waals surface area contributed by atoms with E-state index >= 15 is 0 Å². The van der Waals surface area contributed by atoms with E-state index in [2.05, 4.69) is 12.2 Å². The summed E-state index contributed by atoms with van der Waals surface area (Å²) in [5, 5.41) is 13.5. The van der Waals surface area contributed by atoms with E-state index in [4.69, 9.17) is 4.42 Å². The van der Waals surface area contributed by atoms with E-state index in [0.717, 1.165) is 30.4 Å². The fourth-order valence-electron chi connectivity index (χ4n) is 3.13. The molecule has 4 heteroatoms. The Morgan fingerprint density at radius 3 is 2.90 bits per heavy atom. The summed E-state index contributed by atoms with van der Waals surface area (Å²) in [4.78, 5) is 12.5. The molecule has 1 aromatic heterocycles. The van der Waals surface area contributed by atoms with Crippen LogP contribution in [0.2, 0.25) is 0 Å². The van der Waals surface area contributed by atoms with Crippen molar-refractivity contribution in [2.24, 2.45) is 5.92 Å². The molecule has 0 aliphatic heterocycles. The number of hydrogen-bond donors (Lipinski definition) is 2. The van der Waals surface area contributed by atoms with Crippen LogP contribution in [0.1, 0.15) is 42.3 Å². The van der Waals surface area contributed by atoms with Crippen molar-refractivity contribution in [1.29, 1.82) is 0 Å². The van der Waals surface area contributed by atoms with Crippen LogP contribution in [0.3, 0.4) is 0 Å². The summed E-state index contributed by atoms with van der Waals surface area (Å²) in [5.74, 6) is 1.09. The predicted molar refractivity (Wildman–Crippen MR) is 81.2 cm³/mol. The van der Waals surface area contributed by atoms with Crippen molar-refractivity contribution >= 4 is 16.9 Å². The van der Waals surface area contributed by atoms with Crippen molar-refractivity contribution < 1.29 is 14.3 Å². The molecule has 2 aromatic rings. The van der Waals surface area contributed by atoms with Crippen LogP contribution in [0.4, 0.5) is 0 Å². The molecule has 1 heterocycles. The van der Waals surface area contributed by atoms with Gasteiger partial charge in [-0.1, -0.05) is 19.1 Å². The number of hydrogen-bond acceptors (Lipinski definition) is 3. The van der Waals surface area contributed by atoms with Crippen molar-refractivity contribution in [3.63, 3.8) is 0 Å². The van der Waals surface area contributed by atoms with Crippen LogP contribution < -0.4 is 5.32 Å². The van der Waals surface area contributed by atoms with E-state index in [1.54, 1.807) is 6.07 Å². The first kappa shape index (κ1) is 14.1. The van der Waals surface area contributed by atoms with E-state index in [0.29, 0.717) is 17.1 Å². The molecule has 3 rings (SSSR count). The summed E-state index contributed by atoms with van der Waals surface area (Å²) in [6, 6.07) is 7.67. The molecule has 4 nitrogen and oxygen atoms in total. The number of carbonyl (C=O) groups is 1. The molecule has 0 unspecified atom stereocenters. The van der Waals surface area contributed by atoms with Gasteiger partial charge in [0.1, 0.15) is 11.3 Å². The van der Waals surface area contributed by atoms with Gasteiger partial charge in [0.05, 0.1) is 11.7 Å². The summed E-state index contributed by atoms with van der Waals surface area (Å²) >= 11 is 0. The zero-order valence-corrected chi connectivity index (χ0v) is 12.4. The molecular weight excluding hydrogens is 266 g/mol. The lowest BCUT2D eigenvalue weighted by Gasteiger charge is -2.37. The third-order valence-corrected chi connectivity index (χ3v) is 4.39. The van der Waals surface area contributed by atoms with Gasteiger partial charge in [-0.2, -0.15) is 0 Å². The Hall–Kier alpha value is -1.81. The zero-order chi connectivity index (χ0) is 15.0. The average molecular weight is 287 g/mol. The first-order chi connectivity index (χ1) is 10.1. The maximum atomic E-state index is 12.5. The Labute approximate surface area is 124 Å². The molecule has 0 spiro atoms. The summed E-state index contributed by atoms with van der Waals surface area (Å²) in [6.07, 6.45) is 2.24. The summed E-state index contributed by atoms with van der Waals surface area (Å²) in [7, 11) is 0. The highest BCUT2D eigenvalue weighted by molar-refractivity contribution is 6.05. The molecule has 0 radical (unpaired) electrons. The van der Waals surface area contributed by atoms with E-state index in [1.165, 1.54) is 0 Å². The molecule has 0 bridgehead atoms. The van der Waals surface area contributed by atoms with Crippen LogP contribution in [0.25, 0.3) is 11.0 Å². The number of furan rings is 1. The minimum atomic E-state index is -0.197. The largest absolute Gasteiger partial charge is 0.461 e. The van der Waals surface area contributed by atoms with Gasteiger partial charge >= 0.3 is 0 Å². The zero-order valence-electron chi connectivity index (χ0n) is 12.4. The molecule has 1 aromatic carbocycles. The molecule has 1 atom stereocenters. The standard InChI is InChI=1S/C17H21NO3/c1-3-15(12-8-13(19)9-12)18-17(20)14-6-4-5-11-7-10(2)21-16(11)14/h4-7,12-13,15,19H,3,8-9H2,1-2H3,(H,18,20)/t12?,13?,15-/m1/s1. The van der Waals surface area contributed by atoms with Crippen molar-refractivity contribution in [2.75, 3.05) is 0 Å². The Balaban J connectivity index is 1.80. The number of carbonyl (C=O) groups excluding carboxylic acids is 1. The minimum Gasteiger partial charge on any atom is -0.461 e. The van der Waals surface area contributed by atoms with Crippen LogP contribution in [0.5, 0.6) is 0 Å². The van der Waals surface area contributed by atoms with Crippen LogP contribution in [0, 0.1) is 12.8 Å². The van der Waals surface area contributed by atoms with Crippen molar-refractivity contribution in [3.8, 4) is 0 Å². The second-order valence-corrected chi connectivity index (χ2v) is 5.95. The fourth-order valence-corrected chi connectivity index (χ4v) is 3.13. The lowest BCUT2D eigenvalue weighted by atomic mass is 9.76. The first-order valence-corrected chi connectivity index (χ1v) is 7.56. The van der Waals surface area contributed by atoms with Crippen LogP contribution in [0.15, 0.2) is 28.7 Å². The first-order valence-electron chi connectivity index (χ1n) is 7.56. The molecular formula is C17H21NO3. The van der Waals surface area contributed by atoms with E-state index in [9.17, 15) is 9.90 Å². The monoisotopic (exact) mass is 287 g/mol. The van der Waals surface area contributed by atoms with Gasteiger partial charge in [-0.25, -0.2) is 0 Å². The van der Waals surface area contributed by atoms with Crippen LogP contribution in [-0.2, 0) is 0 Å². The van der Waals surface area contributed by atoms with Crippen LogP contribution >= 0.6 is 0 Å². The lowest BCUT2D eigenvalue weighted by Crippen LogP contribution is -2.46. The quantitative estimate of drug-likeness (QED) is 0.908. The van der Waals surface area contributed by atoms with E-state index in [1.807, 2.05) is 25.1 Å². The molecule has 21 heavy (non-hydrogen) atoms. The number of para-hydroxylation sites is 1. The summed E-state index contributed by atoms with van der Waals surface area (Å²) in [6.45, 7) is 3.94. The molecule has 2 N–H and O–H groups in total. The van der Waals surface area contributed by atoms with Gasteiger partial charge in [0.2, 0.25) is 0 Å². The lowest BCUT2D eigenvalue weighted by molar-refractivity contribution is 0.0232. The number of benzene rings is 1. The second-order valence-electron chi connectivity index (χ2n) is 5.95. The number of nitrogens with one attached hydrogen (secondary N) is 1. The van der Waals surface area contributed by atoms with E-state index in [-0.39, 0.29) is 18.1 Å².